The van der Waals surface area contributed by atoms with Crippen molar-refractivity contribution >= 4 is 32.6 Å². The first-order valence-corrected chi connectivity index (χ1v) is 14.3. The van der Waals surface area contributed by atoms with E-state index in [9.17, 15) is 22.7 Å². The number of amides is 2. The Balaban J connectivity index is 1.41. The third-order valence-corrected chi connectivity index (χ3v) is 9.65. The highest BCUT2D eigenvalue weighted by molar-refractivity contribution is 7.89. The maximum Gasteiger partial charge on any atom is 0.322 e. The second-order valence-corrected chi connectivity index (χ2v) is 12.4. The minimum Gasteiger partial charge on any atom is -0.497 e. The van der Waals surface area contributed by atoms with Gasteiger partial charge in [0.15, 0.2) is 0 Å². The number of aromatic amines is 1. The van der Waals surface area contributed by atoms with Crippen molar-refractivity contribution in [1.29, 1.82) is 0 Å². The molecule has 2 amide bonds. The standard InChI is InChI=1S/C29H29FN4O5S/c1-18-4-3-5-22(12-18)40(37,38)33-15-29(16-33)17-34(28(36)31-20-8-6-19(30)7-9-20)25(14-35)27-26(29)23-11-10-21(39-2)13-24(23)32-27/h3-13,25,32,35H,14-17H2,1-2H3,(H,31,36)/t25-/m0/s1. The fourth-order valence-electron chi connectivity index (χ4n) is 5.93. The molecule has 2 aliphatic heterocycles. The Morgan fingerprint density at radius 1 is 1.12 bits per heavy atom. The summed E-state index contributed by atoms with van der Waals surface area (Å²) >= 11 is 0. The molecule has 1 aromatic heterocycles. The average Bonchev–Trinajstić information content (AvgIpc) is 3.31. The number of aliphatic hydroxyl groups excluding tert-OH is 1. The van der Waals surface area contributed by atoms with Gasteiger partial charge >= 0.3 is 6.03 Å². The Hall–Kier alpha value is -3.93. The fraction of sp³-hybridized carbons (Fsp3) is 0.276. The van der Waals surface area contributed by atoms with E-state index in [1.807, 2.05) is 31.2 Å². The number of nitrogens with zero attached hydrogens (tertiary/aromatic N) is 2. The molecule has 1 saturated heterocycles. The quantitative estimate of drug-likeness (QED) is 0.337. The zero-order valence-corrected chi connectivity index (χ0v) is 22.8. The van der Waals surface area contributed by atoms with Crippen LogP contribution in [0.1, 0.15) is 22.9 Å². The van der Waals surface area contributed by atoms with Crippen LogP contribution in [0.4, 0.5) is 14.9 Å². The summed E-state index contributed by atoms with van der Waals surface area (Å²) < 4.78 is 47.3. The lowest BCUT2D eigenvalue weighted by Crippen LogP contribution is -2.68. The summed E-state index contributed by atoms with van der Waals surface area (Å²) in [7, 11) is -2.19. The lowest BCUT2D eigenvalue weighted by atomic mass is 9.70. The van der Waals surface area contributed by atoms with Crippen LogP contribution in [-0.4, -0.2) is 67.1 Å². The number of carbonyl (C=O) groups excluding carboxylic acids is 1. The van der Waals surface area contributed by atoms with Gasteiger partial charge in [0.05, 0.1) is 24.7 Å². The minimum atomic E-state index is -3.76. The number of carbonyl (C=O) groups is 1. The van der Waals surface area contributed by atoms with Crippen molar-refractivity contribution in [3.05, 3.63) is 89.4 Å². The van der Waals surface area contributed by atoms with E-state index in [4.69, 9.17) is 4.74 Å². The Labute approximate surface area is 231 Å². The van der Waals surface area contributed by atoms with E-state index >= 15 is 0 Å². The molecule has 3 heterocycles. The molecular formula is C29H29FN4O5S. The number of fused-ring (bicyclic) bond motifs is 4. The fourth-order valence-corrected chi connectivity index (χ4v) is 7.65. The molecule has 4 aromatic rings. The molecule has 208 valence electrons. The van der Waals surface area contributed by atoms with E-state index in [-0.39, 0.29) is 31.1 Å². The van der Waals surface area contributed by atoms with Crippen molar-refractivity contribution in [2.45, 2.75) is 23.3 Å². The van der Waals surface area contributed by atoms with Crippen molar-refractivity contribution in [3.63, 3.8) is 0 Å². The number of H-pyrrole nitrogens is 1. The second kappa shape index (κ2) is 9.61. The van der Waals surface area contributed by atoms with Gasteiger partial charge in [-0.1, -0.05) is 12.1 Å². The number of aryl methyl sites for hydroxylation is 1. The number of urea groups is 1. The monoisotopic (exact) mass is 564 g/mol. The van der Waals surface area contributed by atoms with Gasteiger partial charge in [-0.2, -0.15) is 4.31 Å². The van der Waals surface area contributed by atoms with Gasteiger partial charge in [-0.15, -0.1) is 0 Å². The van der Waals surface area contributed by atoms with Crippen molar-refractivity contribution in [1.82, 2.24) is 14.2 Å². The highest BCUT2D eigenvalue weighted by Crippen LogP contribution is 2.49. The summed E-state index contributed by atoms with van der Waals surface area (Å²) in [5, 5.41) is 14.2. The lowest BCUT2D eigenvalue weighted by Gasteiger charge is -2.55. The maximum atomic E-state index is 13.6. The van der Waals surface area contributed by atoms with Gasteiger partial charge in [0.1, 0.15) is 11.6 Å². The van der Waals surface area contributed by atoms with Crippen LogP contribution in [0.25, 0.3) is 10.9 Å². The third kappa shape index (κ3) is 4.21. The van der Waals surface area contributed by atoms with E-state index in [1.54, 1.807) is 25.3 Å². The first kappa shape index (κ1) is 26.3. The van der Waals surface area contributed by atoms with Gasteiger partial charge in [0.2, 0.25) is 10.0 Å². The van der Waals surface area contributed by atoms with Crippen LogP contribution in [0, 0.1) is 12.7 Å². The van der Waals surface area contributed by atoms with Crippen molar-refractivity contribution in [2.75, 3.05) is 38.7 Å². The molecule has 1 fully saturated rings. The summed E-state index contributed by atoms with van der Waals surface area (Å²) in [6, 6.07) is 16.6. The number of rotatable bonds is 5. The van der Waals surface area contributed by atoms with Gasteiger partial charge in [-0.05, 0) is 66.6 Å². The topological polar surface area (TPSA) is 115 Å². The van der Waals surface area contributed by atoms with E-state index in [0.29, 0.717) is 17.1 Å². The molecule has 2 aliphatic rings. The number of methoxy groups -OCH3 is 1. The summed E-state index contributed by atoms with van der Waals surface area (Å²) in [5.74, 6) is 0.217. The summed E-state index contributed by atoms with van der Waals surface area (Å²) in [6.07, 6.45) is 0. The maximum absolute atomic E-state index is 13.6. The molecule has 0 bridgehead atoms. The number of aromatic nitrogens is 1. The molecule has 40 heavy (non-hydrogen) atoms. The normalized spacial score (nSPS) is 18.4. The van der Waals surface area contributed by atoms with Crippen LogP contribution in [0.2, 0.25) is 0 Å². The molecule has 11 heteroatoms. The van der Waals surface area contributed by atoms with Crippen LogP contribution in [0.5, 0.6) is 5.75 Å². The highest BCUT2D eigenvalue weighted by atomic mass is 32.2. The molecule has 1 spiro atoms. The second-order valence-electron chi connectivity index (χ2n) is 10.5. The number of hydrogen-bond donors (Lipinski definition) is 3. The SMILES string of the molecule is COc1ccc2c3c([nH]c2c1)[C@H](CO)N(C(=O)Nc1ccc(F)cc1)CC31CN(S(=O)(=O)c2cccc(C)c2)C1. The number of halogens is 1. The Kier molecular flexibility index (Phi) is 6.32. The molecule has 3 N–H and O–H groups in total. The smallest absolute Gasteiger partial charge is 0.322 e. The molecule has 0 saturated carbocycles. The molecule has 1 atom stereocenters. The predicted octanol–water partition coefficient (Wildman–Crippen LogP) is 4.15. The van der Waals surface area contributed by atoms with Crippen LogP contribution in [0.3, 0.4) is 0 Å². The van der Waals surface area contributed by atoms with Crippen molar-refractivity contribution in [2.24, 2.45) is 0 Å². The predicted molar refractivity (Wildman–Crippen MR) is 148 cm³/mol. The van der Waals surface area contributed by atoms with Gasteiger partial charge in [0, 0.05) is 53.4 Å². The van der Waals surface area contributed by atoms with Crippen LogP contribution >= 0.6 is 0 Å². The molecule has 0 unspecified atom stereocenters. The Bertz CT molecular complexity index is 1710. The van der Waals surface area contributed by atoms with Crippen LogP contribution in [-0.2, 0) is 15.4 Å². The number of benzene rings is 3. The van der Waals surface area contributed by atoms with Gasteiger partial charge in [-0.25, -0.2) is 17.6 Å². The van der Waals surface area contributed by atoms with E-state index in [1.165, 1.54) is 33.5 Å². The van der Waals surface area contributed by atoms with E-state index < -0.39 is 33.3 Å². The molecule has 0 aliphatic carbocycles. The van der Waals surface area contributed by atoms with Gasteiger partial charge in [-0.3, -0.25) is 0 Å². The minimum absolute atomic E-state index is 0.160. The number of ether oxygens (including phenoxy) is 1. The first-order valence-electron chi connectivity index (χ1n) is 12.9. The summed E-state index contributed by atoms with van der Waals surface area (Å²) in [4.78, 5) is 18.7. The number of hydrogen-bond acceptors (Lipinski definition) is 5. The molecule has 0 radical (unpaired) electrons. The Morgan fingerprint density at radius 2 is 1.88 bits per heavy atom. The number of aliphatic hydroxyl groups is 1. The summed E-state index contributed by atoms with van der Waals surface area (Å²) in [6.45, 7) is 1.99. The van der Waals surface area contributed by atoms with Crippen LogP contribution in [0.15, 0.2) is 71.6 Å². The van der Waals surface area contributed by atoms with Crippen molar-refractivity contribution in [3.8, 4) is 5.75 Å². The number of nitrogens with one attached hydrogen (secondary N) is 2. The Morgan fingerprint density at radius 3 is 2.55 bits per heavy atom. The summed E-state index contributed by atoms with van der Waals surface area (Å²) in [5.41, 5.74) is 2.84. The number of sulfonamides is 1. The molecule has 6 rings (SSSR count). The zero-order valence-electron chi connectivity index (χ0n) is 22.0. The number of anilines is 1. The largest absolute Gasteiger partial charge is 0.497 e. The lowest BCUT2D eigenvalue weighted by molar-refractivity contribution is 0.0550. The first-order chi connectivity index (χ1) is 19.1. The molecule has 9 nitrogen and oxygen atoms in total. The van der Waals surface area contributed by atoms with Crippen LogP contribution < -0.4 is 10.1 Å². The van der Waals surface area contributed by atoms with E-state index in [0.717, 1.165) is 22.0 Å². The highest BCUT2D eigenvalue weighted by Gasteiger charge is 2.56. The third-order valence-electron chi connectivity index (χ3n) is 7.86. The average molecular weight is 565 g/mol. The molecule has 3 aromatic carbocycles. The van der Waals surface area contributed by atoms with Crippen molar-refractivity contribution < 1.29 is 27.4 Å². The molecular weight excluding hydrogens is 535 g/mol. The zero-order chi connectivity index (χ0) is 28.2. The van der Waals surface area contributed by atoms with Gasteiger partial charge in [0.25, 0.3) is 0 Å². The van der Waals surface area contributed by atoms with E-state index in [2.05, 4.69) is 10.3 Å². The van der Waals surface area contributed by atoms with Gasteiger partial charge < -0.3 is 25.0 Å².